The number of oxazole rings is 1. The first-order valence-electron chi connectivity index (χ1n) is 9.58. The molecule has 0 fully saturated rings. The first-order chi connectivity index (χ1) is 14.0. The Balaban J connectivity index is 1.69. The average molecular weight is 392 g/mol. The van der Waals surface area contributed by atoms with Crippen LogP contribution in [0.2, 0.25) is 0 Å². The Hall–Kier alpha value is -3.41. The highest BCUT2D eigenvalue weighted by Gasteiger charge is 2.18. The fourth-order valence-electron chi connectivity index (χ4n) is 3.08. The SMILES string of the molecule is CCOC(=O)c1coc(N[C@@H](CC(C)=O)Cc2ccc(-c3ccccc3)cc2)n1. The van der Waals surface area contributed by atoms with Gasteiger partial charge in [-0.05, 0) is 37.0 Å². The third kappa shape index (κ3) is 5.78. The number of benzene rings is 2. The molecule has 3 aromatic rings. The summed E-state index contributed by atoms with van der Waals surface area (Å²) in [5, 5.41) is 3.12. The fourth-order valence-corrected chi connectivity index (χ4v) is 3.08. The van der Waals surface area contributed by atoms with Crippen LogP contribution in [0.1, 0.15) is 36.3 Å². The number of ketones is 1. The first kappa shape index (κ1) is 20.3. The summed E-state index contributed by atoms with van der Waals surface area (Å²) in [6.07, 6.45) is 2.18. The van der Waals surface area contributed by atoms with E-state index in [1.54, 1.807) is 13.8 Å². The summed E-state index contributed by atoms with van der Waals surface area (Å²) < 4.78 is 10.2. The van der Waals surface area contributed by atoms with Crippen LogP contribution in [-0.4, -0.2) is 29.4 Å². The Morgan fingerprint density at radius 2 is 1.76 bits per heavy atom. The van der Waals surface area contributed by atoms with Gasteiger partial charge >= 0.3 is 5.97 Å². The summed E-state index contributed by atoms with van der Waals surface area (Å²) in [6, 6.07) is 18.4. The molecule has 0 amide bonds. The molecule has 2 aromatic carbocycles. The molecule has 0 aliphatic heterocycles. The second kappa shape index (κ2) is 9.68. The summed E-state index contributed by atoms with van der Waals surface area (Å²) in [5.41, 5.74) is 3.48. The van der Waals surface area contributed by atoms with Crippen molar-refractivity contribution >= 4 is 17.8 Å². The molecule has 6 nitrogen and oxygen atoms in total. The summed E-state index contributed by atoms with van der Waals surface area (Å²) >= 11 is 0. The highest BCUT2D eigenvalue weighted by molar-refractivity contribution is 5.87. The van der Waals surface area contributed by atoms with Gasteiger partial charge in [-0.25, -0.2) is 4.79 Å². The van der Waals surface area contributed by atoms with E-state index in [0.717, 1.165) is 16.7 Å². The van der Waals surface area contributed by atoms with Crippen molar-refractivity contribution in [2.24, 2.45) is 0 Å². The quantitative estimate of drug-likeness (QED) is 0.539. The van der Waals surface area contributed by atoms with Crippen molar-refractivity contribution in [2.75, 3.05) is 11.9 Å². The average Bonchev–Trinajstić information content (AvgIpc) is 3.17. The van der Waals surface area contributed by atoms with Gasteiger partial charge in [-0.1, -0.05) is 54.6 Å². The molecular weight excluding hydrogens is 368 g/mol. The lowest BCUT2D eigenvalue weighted by atomic mass is 9.98. The monoisotopic (exact) mass is 392 g/mol. The molecule has 1 N–H and O–H groups in total. The third-order valence-electron chi connectivity index (χ3n) is 4.39. The molecule has 0 unspecified atom stereocenters. The number of nitrogens with one attached hydrogen (secondary N) is 1. The van der Waals surface area contributed by atoms with Crippen LogP contribution in [0.5, 0.6) is 0 Å². The maximum absolute atomic E-state index is 11.7. The summed E-state index contributed by atoms with van der Waals surface area (Å²) in [4.78, 5) is 27.5. The van der Waals surface area contributed by atoms with E-state index in [9.17, 15) is 9.59 Å². The van der Waals surface area contributed by atoms with E-state index < -0.39 is 5.97 Å². The highest BCUT2D eigenvalue weighted by atomic mass is 16.5. The molecule has 0 aliphatic rings. The zero-order valence-corrected chi connectivity index (χ0v) is 16.6. The van der Waals surface area contributed by atoms with Gasteiger partial charge in [-0.3, -0.25) is 4.79 Å². The van der Waals surface area contributed by atoms with Crippen molar-refractivity contribution in [1.29, 1.82) is 0 Å². The lowest BCUT2D eigenvalue weighted by Crippen LogP contribution is -2.25. The Kier molecular flexibility index (Phi) is 6.79. The van der Waals surface area contributed by atoms with Crippen LogP contribution in [-0.2, 0) is 16.0 Å². The smallest absolute Gasteiger partial charge is 0.360 e. The normalized spacial score (nSPS) is 11.7. The summed E-state index contributed by atoms with van der Waals surface area (Å²) in [6.45, 7) is 3.54. The standard InChI is InChI=1S/C23H24N2O4/c1-3-28-22(27)21-15-29-23(25-21)24-20(13-16(2)26)14-17-9-11-19(12-10-17)18-7-5-4-6-8-18/h4-12,15,20H,3,13-14H2,1-2H3,(H,24,25)/t20-/m0/s1. The van der Waals surface area contributed by atoms with Gasteiger partial charge in [0.2, 0.25) is 0 Å². The predicted octanol–water partition coefficient (Wildman–Crippen LogP) is 4.52. The molecule has 0 aliphatic carbocycles. The van der Waals surface area contributed by atoms with Crippen molar-refractivity contribution < 1.29 is 18.7 Å². The van der Waals surface area contributed by atoms with Crippen LogP contribution >= 0.6 is 0 Å². The number of nitrogens with zero attached hydrogens (tertiary/aromatic N) is 1. The number of anilines is 1. The number of carbonyl (C=O) groups is 2. The molecule has 1 aromatic heterocycles. The molecule has 0 bridgehead atoms. The molecule has 0 radical (unpaired) electrons. The van der Waals surface area contributed by atoms with Crippen molar-refractivity contribution in [3.63, 3.8) is 0 Å². The molecule has 150 valence electrons. The highest BCUT2D eigenvalue weighted by Crippen LogP contribution is 2.21. The van der Waals surface area contributed by atoms with E-state index in [-0.39, 0.29) is 30.1 Å². The largest absolute Gasteiger partial charge is 0.461 e. The molecule has 1 heterocycles. The van der Waals surface area contributed by atoms with Gasteiger partial charge in [0.05, 0.1) is 6.61 Å². The molecule has 0 spiro atoms. The van der Waals surface area contributed by atoms with Crippen molar-refractivity contribution in [3.8, 4) is 11.1 Å². The number of rotatable bonds is 9. The number of Topliss-reactive ketones (excluding diaryl/α,β-unsaturated/α-hetero) is 1. The van der Waals surface area contributed by atoms with E-state index in [4.69, 9.17) is 9.15 Å². The van der Waals surface area contributed by atoms with Gasteiger partial charge in [0.15, 0.2) is 5.69 Å². The lowest BCUT2D eigenvalue weighted by molar-refractivity contribution is -0.117. The second-order valence-corrected chi connectivity index (χ2v) is 6.77. The Morgan fingerprint density at radius 3 is 2.41 bits per heavy atom. The molecule has 0 saturated heterocycles. The van der Waals surface area contributed by atoms with Crippen molar-refractivity contribution in [1.82, 2.24) is 4.98 Å². The van der Waals surface area contributed by atoms with Crippen molar-refractivity contribution in [2.45, 2.75) is 32.7 Å². The third-order valence-corrected chi connectivity index (χ3v) is 4.39. The van der Waals surface area contributed by atoms with E-state index in [0.29, 0.717) is 12.8 Å². The van der Waals surface area contributed by atoms with Crippen LogP contribution in [0, 0.1) is 0 Å². The van der Waals surface area contributed by atoms with Gasteiger partial charge in [-0.2, -0.15) is 4.98 Å². The van der Waals surface area contributed by atoms with E-state index in [1.165, 1.54) is 6.26 Å². The zero-order valence-electron chi connectivity index (χ0n) is 16.6. The van der Waals surface area contributed by atoms with Gasteiger partial charge < -0.3 is 14.5 Å². The number of esters is 1. The molecular formula is C23H24N2O4. The summed E-state index contributed by atoms with van der Waals surface area (Å²) in [5.74, 6) is -0.482. The maximum Gasteiger partial charge on any atom is 0.360 e. The second-order valence-electron chi connectivity index (χ2n) is 6.77. The molecule has 6 heteroatoms. The first-order valence-corrected chi connectivity index (χ1v) is 9.58. The van der Waals surface area contributed by atoms with Crippen LogP contribution < -0.4 is 5.32 Å². The van der Waals surface area contributed by atoms with Crippen molar-refractivity contribution in [3.05, 3.63) is 72.1 Å². The fraction of sp³-hybridized carbons (Fsp3) is 0.261. The number of hydrogen-bond acceptors (Lipinski definition) is 6. The lowest BCUT2D eigenvalue weighted by Gasteiger charge is -2.16. The van der Waals surface area contributed by atoms with Crippen LogP contribution in [0.3, 0.4) is 0 Å². The van der Waals surface area contributed by atoms with Gasteiger partial charge in [0, 0.05) is 12.5 Å². The van der Waals surface area contributed by atoms with Gasteiger partial charge in [-0.15, -0.1) is 0 Å². The summed E-state index contributed by atoms with van der Waals surface area (Å²) in [7, 11) is 0. The maximum atomic E-state index is 11.7. The zero-order chi connectivity index (χ0) is 20.6. The topological polar surface area (TPSA) is 81.4 Å². The molecule has 29 heavy (non-hydrogen) atoms. The minimum atomic E-state index is -0.538. The Morgan fingerprint density at radius 1 is 1.07 bits per heavy atom. The molecule has 3 rings (SSSR count). The Labute approximate surface area is 169 Å². The predicted molar refractivity (Wildman–Crippen MR) is 111 cm³/mol. The van der Waals surface area contributed by atoms with Crippen LogP contribution in [0.25, 0.3) is 11.1 Å². The minimum Gasteiger partial charge on any atom is -0.461 e. The van der Waals surface area contributed by atoms with Crippen LogP contribution in [0.15, 0.2) is 65.3 Å². The number of ether oxygens (including phenoxy) is 1. The number of carbonyl (C=O) groups excluding carboxylic acids is 2. The van der Waals surface area contributed by atoms with E-state index >= 15 is 0 Å². The van der Waals surface area contributed by atoms with E-state index in [2.05, 4.69) is 46.7 Å². The van der Waals surface area contributed by atoms with E-state index in [1.807, 2.05) is 18.2 Å². The Bertz CT molecular complexity index is 949. The molecule has 1 atom stereocenters. The number of aromatic nitrogens is 1. The van der Waals surface area contributed by atoms with Gasteiger partial charge in [0.1, 0.15) is 12.0 Å². The number of hydrogen-bond donors (Lipinski definition) is 1. The van der Waals surface area contributed by atoms with Crippen LogP contribution in [0.4, 0.5) is 6.01 Å². The van der Waals surface area contributed by atoms with Gasteiger partial charge in [0.25, 0.3) is 6.01 Å². The minimum absolute atomic E-state index is 0.0561. The molecule has 0 saturated carbocycles.